The first-order chi connectivity index (χ1) is 28.7. The number of morpholine rings is 1. The lowest BCUT2D eigenvalue weighted by molar-refractivity contribution is 0.0304. The summed E-state index contributed by atoms with van der Waals surface area (Å²) in [5, 5.41) is 8.92. The van der Waals surface area contributed by atoms with E-state index in [9.17, 15) is 27.2 Å². The number of fused-ring (bicyclic) bond motifs is 2. The summed E-state index contributed by atoms with van der Waals surface area (Å²) in [6.45, 7) is 5.62. The Bertz CT molecular complexity index is 2540. The van der Waals surface area contributed by atoms with Gasteiger partial charge in [0.15, 0.2) is 23.3 Å². The predicted octanol–water partition coefficient (Wildman–Crippen LogP) is 10.1. The fourth-order valence-electron chi connectivity index (χ4n) is 7.92. The summed E-state index contributed by atoms with van der Waals surface area (Å²) < 4.78 is 61.0. The predicted molar refractivity (Wildman–Crippen MR) is 221 cm³/mol. The molecule has 59 heavy (non-hydrogen) atoms. The van der Waals surface area contributed by atoms with Gasteiger partial charge in [0.1, 0.15) is 11.6 Å². The van der Waals surface area contributed by atoms with E-state index < -0.39 is 23.3 Å². The van der Waals surface area contributed by atoms with E-state index in [4.69, 9.17) is 4.74 Å². The molecule has 0 atom stereocenters. The number of pyridine rings is 2. The van der Waals surface area contributed by atoms with E-state index in [1.165, 1.54) is 30.5 Å². The number of aromatic nitrogens is 2. The Hall–Kier alpha value is -6.08. The van der Waals surface area contributed by atoms with Crippen LogP contribution in [-0.4, -0.2) is 71.0 Å². The van der Waals surface area contributed by atoms with Gasteiger partial charge in [-0.25, -0.2) is 27.5 Å². The van der Waals surface area contributed by atoms with Gasteiger partial charge in [0.25, 0.3) is 11.8 Å². The zero-order valence-electron chi connectivity index (χ0n) is 32.7. The van der Waals surface area contributed by atoms with Crippen molar-refractivity contribution in [1.29, 1.82) is 0 Å². The quantitative estimate of drug-likeness (QED) is 0.148. The Labute approximate surface area is 339 Å². The number of aryl methyl sites for hydroxylation is 1. The molecule has 3 aliphatic rings. The van der Waals surface area contributed by atoms with E-state index in [-0.39, 0.29) is 23.2 Å². The number of carbonyl (C=O) groups is 2. The van der Waals surface area contributed by atoms with Crippen LogP contribution in [0.2, 0.25) is 0 Å². The summed E-state index contributed by atoms with van der Waals surface area (Å²) in [7, 11) is 0. The number of nitrogens with one attached hydrogen (secondary N) is 2. The van der Waals surface area contributed by atoms with E-state index in [2.05, 4.69) is 26.7 Å². The second-order valence-electron chi connectivity index (χ2n) is 15.0. The van der Waals surface area contributed by atoms with Crippen molar-refractivity contribution in [2.45, 2.75) is 51.4 Å². The number of likely N-dealkylation sites (tertiary alicyclic amines) is 1. The molecule has 3 fully saturated rings. The van der Waals surface area contributed by atoms with Crippen LogP contribution in [0.3, 0.4) is 0 Å². The first-order valence-corrected chi connectivity index (χ1v) is 20.1. The summed E-state index contributed by atoms with van der Waals surface area (Å²) in [5.41, 5.74) is 3.25. The molecule has 0 unspecified atom stereocenters. The molecule has 4 heterocycles. The van der Waals surface area contributed by atoms with Crippen molar-refractivity contribution in [2.24, 2.45) is 0 Å². The molecule has 0 spiro atoms. The van der Waals surface area contributed by atoms with Gasteiger partial charge in [-0.1, -0.05) is 55.5 Å². The molecule has 304 valence electrons. The molecule has 1 aliphatic carbocycles. The molecular weight excluding hydrogens is 761 g/mol. The summed E-state index contributed by atoms with van der Waals surface area (Å²) in [4.78, 5) is 39.0. The molecule has 2 aliphatic heterocycles. The Kier molecular flexibility index (Phi) is 11.7. The minimum Gasteiger partial charge on any atom is -0.378 e. The van der Waals surface area contributed by atoms with E-state index in [0.29, 0.717) is 60.4 Å². The fourth-order valence-corrected chi connectivity index (χ4v) is 7.92. The third kappa shape index (κ3) is 8.29. The molecule has 9 nitrogen and oxygen atoms in total. The van der Waals surface area contributed by atoms with Crippen molar-refractivity contribution in [3.63, 3.8) is 0 Å². The average molecular weight is 805 g/mol. The van der Waals surface area contributed by atoms with E-state index in [1.54, 1.807) is 11.1 Å². The zero-order chi connectivity index (χ0) is 41.0. The molecule has 1 saturated carbocycles. The summed E-state index contributed by atoms with van der Waals surface area (Å²) in [6.07, 6.45) is 9.20. The molecule has 0 bridgehead atoms. The van der Waals surface area contributed by atoms with E-state index in [0.717, 1.165) is 91.0 Å². The second-order valence-corrected chi connectivity index (χ2v) is 15.0. The number of hydrogen-bond donors (Lipinski definition) is 2. The van der Waals surface area contributed by atoms with Crippen LogP contribution in [0.1, 0.15) is 76.8 Å². The molecular formula is C46H44F4N6O3. The molecule has 0 radical (unpaired) electrons. The number of rotatable bonds is 8. The molecule has 6 aromatic rings. The van der Waals surface area contributed by atoms with Gasteiger partial charge in [0.2, 0.25) is 0 Å². The Morgan fingerprint density at radius 2 is 1.17 bits per heavy atom. The van der Waals surface area contributed by atoms with Crippen LogP contribution >= 0.6 is 0 Å². The van der Waals surface area contributed by atoms with Crippen molar-refractivity contribution in [1.82, 2.24) is 19.8 Å². The minimum absolute atomic E-state index is 0.00351. The molecule has 2 amide bonds. The van der Waals surface area contributed by atoms with Crippen molar-refractivity contribution in [3.05, 3.63) is 131 Å². The average Bonchev–Trinajstić information content (AvgIpc) is 4.13. The molecule has 9 rings (SSSR count). The number of amides is 2. The van der Waals surface area contributed by atoms with Gasteiger partial charge in [-0.15, -0.1) is 0 Å². The number of anilines is 4. The highest BCUT2D eigenvalue weighted by Crippen LogP contribution is 2.45. The molecule has 13 heteroatoms. The standard InChI is InChI=1S/C24H23F2N3O.C22H21F2N3O2/c25-19-8-5-9-20(22(19)26)28-23-17-7-4-6-16(15-10-11-15)21(17)18(14-27-23)24(30)29-12-2-1-3-13-29;1-2-14-5-3-6-15-19(14)16(22(28)27-9-11-29-12-10-27)13-25-21(15)26-18-8-4-7-17(23)20(18)24/h4-9,14-15H,1-3,10-13H2,(H,27,28);3-8,13H,2,9-12H2,1H3,(H,25,26). The van der Waals surface area contributed by atoms with Gasteiger partial charge in [0, 0.05) is 60.1 Å². The molecule has 2 saturated heterocycles. The number of piperidine rings is 1. The smallest absolute Gasteiger partial charge is 0.256 e. The summed E-state index contributed by atoms with van der Waals surface area (Å²) in [5.74, 6) is -2.64. The van der Waals surface area contributed by atoms with Gasteiger partial charge in [-0.3, -0.25) is 9.59 Å². The van der Waals surface area contributed by atoms with Crippen molar-refractivity contribution in [3.8, 4) is 0 Å². The third-order valence-electron chi connectivity index (χ3n) is 11.2. The lowest BCUT2D eigenvalue weighted by atomic mass is 9.96. The zero-order valence-corrected chi connectivity index (χ0v) is 32.7. The highest BCUT2D eigenvalue weighted by Gasteiger charge is 2.30. The van der Waals surface area contributed by atoms with Crippen LogP contribution in [0.25, 0.3) is 21.5 Å². The summed E-state index contributed by atoms with van der Waals surface area (Å²) >= 11 is 0. The number of carbonyl (C=O) groups excluding carboxylic acids is 2. The third-order valence-corrected chi connectivity index (χ3v) is 11.2. The second kappa shape index (κ2) is 17.4. The van der Waals surface area contributed by atoms with Gasteiger partial charge in [0.05, 0.1) is 35.7 Å². The largest absolute Gasteiger partial charge is 0.378 e. The maximum absolute atomic E-state index is 14.2. The fraction of sp³-hybridized carbons (Fsp3) is 0.304. The lowest BCUT2D eigenvalue weighted by Crippen LogP contribution is -2.40. The number of ether oxygens (including phenoxy) is 1. The lowest BCUT2D eigenvalue weighted by Gasteiger charge is -2.27. The maximum Gasteiger partial charge on any atom is 0.256 e. The van der Waals surface area contributed by atoms with Crippen molar-refractivity contribution in [2.75, 3.05) is 50.0 Å². The van der Waals surface area contributed by atoms with E-state index in [1.807, 2.05) is 42.2 Å². The van der Waals surface area contributed by atoms with Gasteiger partial charge in [-0.2, -0.15) is 0 Å². The minimum atomic E-state index is -0.970. The monoisotopic (exact) mass is 804 g/mol. The van der Waals surface area contributed by atoms with Crippen LogP contribution in [0.15, 0.2) is 85.2 Å². The Balaban J connectivity index is 0.000000164. The maximum atomic E-state index is 14.2. The van der Waals surface area contributed by atoms with Crippen molar-refractivity contribution < 1.29 is 31.9 Å². The number of hydrogen-bond acceptors (Lipinski definition) is 7. The first-order valence-electron chi connectivity index (χ1n) is 20.1. The van der Waals surface area contributed by atoms with Gasteiger partial charge >= 0.3 is 0 Å². The first kappa shape index (κ1) is 39.7. The summed E-state index contributed by atoms with van der Waals surface area (Å²) in [6, 6.07) is 19.5. The number of benzene rings is 4. The topological polar surface area (TPSA) is 99.7 Å². The SMILES string of the molecule is CCc1cccc2c(Nc3cccc(F)c3F)ncc(C(=O)N3CCOCC3)c12.O=C(c1cnc(Nc2cccc(F)c2F)c2cccc(C3CC3)c12)N1CCCCC1. The van der Waals surface area contributed by atoms with Crippen LogP contribution in [0, 0.1) is 23.3 Å². The highest BCUT2D eigenvalue weighted by atomic mass is 19.2. The molecule has 4 aromatic carbocycles. The number of nitrogens with zero attached hydrogens (tertiary/aromatic N) is 4. The van der Waals surface area contributed by atoms with Crippen molar-refractivity contribution >= 4 is 56.4 Å². The van der Waals surface area contributed by atoms with Crippen LogP contribution in [-0.2, 0) is 11.2 Å². The normalized spacial score (nSPS) is 15.5. The van der Waals surface area contributed by atoms with E-state index >= 15 is 0 Å². The Morgan fingerprint density at radius 1 is 0.661 bits per heavy atom. The highest BCUT2D eigenvalue weighted by molar-refractivity contribution is 6.12. The van der Waals surface area contributed by atoms with Gasteiger partial charge < -0.3 is 25.2 Å². The molecule has 2 N–H and O–H groups in total. The Morgan fingerprint density at radius 3 is 1.73 bits per heavy atom. The van der Waals surface area contributed by atoms with Gasteiger partial charge in [-0.05, 0) is 79.8 Å². The van der Waals surface area contributed by atoms with Crippen LogP contribution in [0.4, 0.5) is 40.6 Å². The van der Waals surface area contributed by atoms with Crippen LogP contribution in [0.5, 0.6) is 0 Å². The molecule has 2 aromatic heterocycles. The van der Waals surface area contributed by atoms with Crippen LogP contribution < -0.4 is 10.6 Å². The number of halogens is 4.